The van der Waals surface area contributed by atoms with Crippen LogP contribution in [0.5, 0.6) is 0 Å². The van der Waals surface area contributed by atoms with Crippen LogP contribution in [0.1, 0.15) is 20.8 Å². The summed E-state index contributed by atoms with van der Waals surface area (Å²) >= 11 is 0. The van der Waals surface area contributed by atoms with Crippen molar-refractivity contribution >= 4 is 6.09 Å². The Labute approximate surface area is 323 Å². The quantitative estimate of drug-likeness (QED) is 0.0541. The summed E-state index contributed by atoms with van der Waals surface area (Å²) in [6, 6.07) is 0. The number of nitrogens with zero attached hydrogens (tertiary/aromatic N) is 1. The van der Waals surface area contributed by atoms with E-state index < -0.39 is 11.7 Å². The lowest BCUT2D eigenvalue weighted by Crippen LogP contribution is -2.34. The first-order chi connectivity index (χ1) is 26.4. The highest BCUT2D eigenvalue weighted by atomic mass is 16.7. The van der Waals surface area contributed by atoms with Gasteiger partial charge in [0.15, 0.2) is 0 Å². The van der Waals surface area contributed by atoms with Gasteiger partial charge in [0.25, 0.3) is 0 Å². The van der Waals surface area contributed by atoms with Crippen molar-refractivity contribution in [3.8, 4) is 0 Å². The van der Waals surface area contributed by atoms with E-state index in [0.717, 1.165) is 0 Å². The highest BCUT2D eigenvalue weighted by molar-refractivity contribution is 5.66. The van der Waals surface area contributed by atoms with Gasteiger partial charge in [-0.1, -0.05) is 0 Å². The SMILES string of the molecule is CC(C)(C)OC(=O)NOCCOCCOCCN(CCOCCOCCOCCOCCOCCN)CCOCCOCCOCCOCCOCCN. The molecule has 0 aromatic heterocycles. The number of ether oxygens (including phenoxy) is 13. The summed E-state index contributed by atoms with van der Waals surface area (Å²) in [5.41, 5.74) is 12.4. The van der Waals surface area contributed by atoms with Crippen molar-refractivity contribution in [2.45, 2.75) is 26.4 Å². The molecule has 0 fully saturated rings. The average Bonchev–Trinajstić information content (AvgIpc) is 3.14. The number of amides is 1. The summed E-state index contributed by atoms with van der Waals surface area (Å²) in [6.45, 7) is 20.5. The molecule has 0 unspecified atom stereocenters. The summed E-state index contributed by atoms with van der Waals surface area (Å²) in [6.07, 6.45) is -0.644. The van der Waals surface area contributed by atoms with E-state index >= 15 is 0 Å². The number of nitrogens with one attached hydrogen (secondary N) is 1. The molecule has 0 saturated carbocycles. The van der Waals surface area contributed by atoms with Gasteiger partial charge in [0.2, 0.25) is 0 Å². The lowest BCUT2D eigenvalue weighted by Gasteiger charge is -2.22. The Bertz CT molecular complexity index is 724. The third-order valence-electron chi connectivity index (χ3n) is 6.41. The van der Waals surface area contributed by atoms with Crippen molar-refractivity contribution in [3.05, 3.63) is 0 Å². The molecule has 0 aliphatic rings. The molecule has 0 aliphatic carbocycles. The molecule has 0 rings (SSSR count). The van der Waals surface area contributed by atoms with Crippen LogP contribution in [0.2, 0.25) is 0 Å². The van der Waals surface area contributed by atoms with Gasteiger partial charge in [0.05, 0.1) is 165 Å². The maximum absolute atomic E-state index is 11.6. The number of hydroxylamine groups is 1. The molecule has 0 aromatic rings. The summed E-state index contributed by atoms with van der Waals surface area (Å²) in [4.78, 5) is 18.8. The van der Waals surface area contributed by atoms with Crippen LogP contribution in [0.4, 0.5) is 4.79 Å². The zero-order valence-corrected chi connectivity index (χ0v) is 33.4. The molecule has 19 heteroatoms. The normalized spacial score (nSPS) is 11.9. The molecule has 0 atom stereocenters. The molecule has 0 aliphatic heterocycles. The standard InChI is InChI=1S/C35H74N4O15/c1-35(2,3)54-34(40)38-53-33-32-52-23-18-45-13-8-39(6-11-43-16-21-48-26-30-50-28-24-46-19-14-41-9-4-36)7-12-44-17-22-49-27-31-51-29-25-47-20-15-42-10-5-37/h4-33,36-37H2,1-3H3,(H,38,40). The summed E-state index contributed by atoms with van der Waals surface area (Å²) < 4.78 is 71.4. The van der Waals surface area contributed by atoms with Crippen molar-refractivity contribution in [1.29, 1.82) is 0 Å². The number of hydrogen-bond acceptors (Lipinski definition) is 18. The topological polar surface area (TPSA) is 214 Å². The van der Waals surface area contributed by atoms with Crippen molar-refractivity contribution < 1.29 is 71.2 Å². The molecule has 0 aromatic carbocycles. The fourth-order valence-corrected chi connectivity index (χ4v) is 3.88. The van der Waals surface area contributed by atoms with Crippen LogP contribution >= 0.6 is 0 Å². The monoisotopic (exact) mass is 791 g/mol. The van der Waals surface area contributed by atoms with Crippen LogP contribution in [0.3, 0.4) is 0 Å². The van der Waals surface area contributed by atoms with Gasteiger partial charge in [-0.25, -0.2) is 4.79 Å². The number of carbonyl (C=O) groups is 1. The highest BCUT2D eigenvalue weighted by Gasteiger charge is 2.15. The van der Waals surface area contributed by atoms with E-state index in [1.165, 1.54) is 0 Å². The summed E-state index contributed by atoms with van der Waals surface area (Å²) in [5.74, 6) is 0. The molecule has 0 heterocycles. The first kappa shape index (κ1) is 52.6. The van der Waals surface area contributed by atoms with Crippen molar-refractivity contribution in [1.82, 2.24) is 10.4 Å². The zero-order valence-electron chi connectivity index (χ0n) is 33.4. The largest absolute Gasteiger partial charge is 0.442 e. The molecule has 0 spiro atoms. The molecule has 5 N–H and O–H groups in total. The predicted molar refractivity (Wildman–Crippen MR) is 200 cm³/mol. The number of rotatable bonds is 44. The predicted octanol–water partition coefficient (Wildman–Crippen LogP) is -0.139. The Balaban J connectivity index is 4.01. The Kier molecular flexibility index (Phi) is 41.7. The third kappa shape index (κ3) is 45.0. The maximum Gasteiger partial charge on any atom is 0.431 e. The smallest absolute Gasteiger partial charge is 0.431 e. The molecule has 19 nitrogen and oxygen atoms in total. The van der Waals surface area contributed by atoms with Crippen molar-refractivity contribution in [2.75, 3.05) is 198 Å². The van der Waals surface area contributed by atoms with E-state index in [1.54, 1.807) is 20.8 Å². The number of hydrogen-bond donors (Lipinski definition) is 3. The molecular formula is C35H74N4O15. The number of carbonyl (C=O) groups excluding carboxylic acids is 1. The van der Waals surface area contributed by atoms with Crippen LogP contribution in [0.25, 0.3) is 0 Å². The minimum absolute atomic E-state index is 0.190. The number of nitrogens with two attached hydrogens (primary N) is 2. The fourth-order valence-electron chi connectivity index (χ4n) is 3.88. The second kappa shape index (κ2) is 42.8. The minimum Gasteiger partial charge on any atom is -0.442 e. The Hall–Kier alpha value is -1.37. The van der Waals surface area contributed by atoms with Gasteiger partial charge >= 0.3 is 6.09 Å². The van der Waals surface area contributed by atoms with Crippen LogP contribution in [0.15, 0.2) is 0 Å². The average molecular weight is 791 g/mol. The van der Waals surface area contributed by atoms with E-state index in [9.17, 15) is 4.79 Å². The molecular weight excluding hydrogens is 716 g/mol. The molecule has 0 radical (unpaired) electrons. The minimum atomic E-state index is -0.644. The van der Waals surface area contributed by atoms with Crippen molar-refractivity contribution in [3.63, 3.8) is 0 Å². The zero-order chi connectivity index (χ0) is 39.5. The van der Waals surface area contributed by atoms with Gasteiger partial charge in [-0.2, -0.15) is 5.48 Å². The van der Waals surface area contributed by atoms with Crippen molar-refractivity contribution in [2.24, 2.45) is 11.5 Å². The van der Waals surface area contributed by atoms with Gasteiger partial charge in [0, 0.05) is 32.7 Å². The second-order valence-corrected chi connectivity index (χ2v) is 12.2. The molecule has 324 valence electrons. The Morgan fingerprint density at radius 3 is 0.907 bits per heavy atom. The van der Waals surface area contributed by atoms with E-state index in [1.807, 2.05) is 0 Å². The lowest BCUT2D eigenvalue weighted by atomic mass is 10.2. The van der Waals surface area contributed by atoms with Gasteiger partial charge in [0.1, 0.15) is 5.60 Å². The highest BCUT2D eigenvalue weighted by Crippen LogP contribution is 2.06. The molecule has 1 amide bonds. The van der Waals surface area contributed by atoms with Gasteiger partial charge in [-0.15, -0.1) is 0 Å². The molecule has 0 saturated heterocycles. The van der Waals surface area contributed by atoms with Crippen LogP contribution in [0, 0.1) is 0 Å². The molecule has 0 bridgehead atoms. The second-order valence-electron chi connectivity index (χ2n) is 12.2. The summed E-state index contributed by atoms with van der Waals surface area (Å²) in [7, 11) is 0. The van der Waals surface area contributed by atoms with Gasteiger partial charge in [-0.3, -0.25) is 9.74 Å². The van der Waals surface area contributed by atoms with Crippen LogP contribution in [-0.2, 0) is 66.4 Å². The van der Waals surface area contributed by atoms with E-state index in [0.29, 0.717) is 191 Å². The van der Waals surface area contributed by atoms with E-state index in [4.69, 9.17) is 77.9 Å². The first-order valence-corrected chi connectivity index (χ1v) is 19.0. The van der Waals surface area contributed by atoms with Gasteiger partial charge < -0.3 is 73.0 Å². The van der Waals surface area contributed by atoms with Crippen LogP contribution < -0.4 is 16.9 Å². The fraction of sp³-hybridized carbons (Fsp3) is 0.971. The first-order valence-electron chi connectivity index (χ1n) is 19.0. The van der Waals surface area contributed by atoms with E-state index in [-0.39, 0.29) is 6.61 Å². The third-order valence-corrected chi connectivity index (χ3v) is 6.41. The van der Waals surface area contributed by atoms with Crippen LogP contribution in [-0.4, -0.2) is 214 Å². The Morgan fingerprint density at radius 1 is 0.407 bits per heavy atom. The lowest BCUT2D eigenvalue weighted by molar-refractivity contribution is -0.0342. The Morgan fingerprint density at radius 2 is 0.648 bits per heavy atom. The molecule has 54 heavy (non-hydrogen) atoms. The summed E-state index contributed by atoms with van der Waals surface area (Å²) in [5, 5.41) is 0. The van der Waals surface area contributed by atoms with E-state index in [2.05, 4.69) is 10.4 Å². The maximum atomic E-state index is 11.6. The van der Waals surface area contributed by atoms with Gasteiger partial charge in [-0.05, 0) is 20.8 Å².